The molecule has 4 heteroatoms. The predicted molar refractivity (Wildman–Crippen MR) is 86.1 cm³/mol. The maximum absolute atomic E-state index is 12.6. The number of hydrogen-bond acceptors (Lipinski definition) is 4. The fourth-order valence-corrected chi connectivity index (χ4v) is 2.69. The number of pyridine rings is 1. The maximum Gasteiger partial charge on any atom is 0.379 e. The van der Waals surface area contributed by atoms with Gasteiger partial charge >= 0.3 is 5.97 Å². The first-order chi connectivity index (χ1) is 10.3. The minimum absolute atomic E-state index is 0.176. The van der Waals surface area contributed by atoms with Crippen LogP contribution in [0.15, 0.2) is 24.3 Å². The Morgan fingerprint density at radius 2 is 1.82 bits per heavy atom. The van der Waals surface area contributed by atoms with Crippen molar-refractivity contribution in [3.63, 3.8) is 0 Å². The molecule has 0 amide bonds. The third-order valence-corrected chi connectivity index (χ3v) is 3.51. The summed E-state index contributed by atoms with van der Waals surface area (Å²) in [5.41, 5.74) is 2.29. The molecule has 0 atom stereocenters. The van der Waals surface area contributed by atoms with Crippen LogP contribution in [0.4, 0.5) is 0 Å². The molecule has 116 valence electrons. The Labute approximate surface area is 130 Å². The van der Waals surface area contributed by atoms with Gasteiger partial charge in [0.1, 0.15) is 0 Å². The summed E-state index contributed by atoms with van der Waals surface area (Å²) in [4.78, 5) is 28.9. The Morgan fingerprint density at radius 1 is 1.18 bits per heavy atom. The summed E-state index contributed by atoms with van der Waals surface area (Å²) in [6, 6.07) is 7.67. The first-order valence-corrected chi connectivity index (χ1v) is 7.38. The lowest BCUT2D eigenvalue weighted by Crippen LogP contribution is -2.25. The summed E-state index contributed by atoms with van der Waals surface area (Å²) >= 11 is 0. The number of carbonyl (C=O) groups excluding carboxylic acids is 2. The van der Waals surface area contributed by atoms with Crippen molar-refractivity contribution in [2.45, 2.75) is 40.0 Å². The largest absolute Gasteiger partial charge is 0.460 e. The Morgan fingerprint density at radius 3 is 2.41 bits per heavy atom. The van der Waals surface area contributed by atoms with Crippen molar-refractivity contribution >= 4 is 22.7 Å². The molecule has 0 radical (unpaired) electrons. The molecule has 0 unspecified atom stereocenters. The van der Waals surface area contributed by atoms with Crippen LogP contribution in [0.3, 0.4) is 0 Å². The van der Waals surface area contributed by atoms with E-state index in [1.807, 2.05) is 45.0 Å². The number of para-hydroxylation sites is 1. The van der Waals surface area contributed by atoms with Gasteiger partial charge in [0.25, 0.3) is 5.78 Å². The molecule has 1 heterocycles. The SMILES string of the molecule is CCOC(=O)C(=O)c1c(C)nc2ccccc2c1C(C)(C)C. The summed E-state index contributed by atoms with van der Waals surface area (Å²) in [6.07, 6.45) is 0. The van der Waals surface area contributed by atoms with Gasteiger partial charge in [0.15, 0.2) is 0 Å². The number of benzene rings is 1. The van der Waals surface area contributed by atoms with Crippen molar-refractivity contribution in [1.82, 2.24) is 4.98 Å². The highest BCUT2D eigenvalue weighted by atomic mass is 16.5. The topological polar surface area (TPSA) is 56.3 Å². The standard InChI is InChI=1S/C18H21NO3/c1-6-22-17(21)16(20)14-11(2)19-13-10-8-7-9-12(13)15(14)18(3,4)5/h7-10H,6H2,1-5H3. The summed E-state index contributed by atoms with van der Waals surface area (Å²) in [7, 11) is 0. The molecule has 0 fully saturated rings. The molecule has 2 rings (SSSR count). The summed E-state index contributed by atoms with van der Waals surface area (Å²) < 4.78 is 4.88. The van der Waals surface area contributed by atoms with E-state index in [0.29, 0.717) is 11.3 Å². The lowest BCUT2D eigenvalue weighted by molar-refractivity contribution is -0.137. The van der Waals surface area contributed by atoms with Gasteiger partial charge in [-0.3, -0.25) is 9.78 Å². The maximum atomic E-state index is 12.6. The van der Waals surface area contributed by atoms with Gasteiger partial charge in [-0.1, -0.05) is 39.0 Å². The molecule has 4 nitrogen and oxygen atoms in total. The predicted octanol–water partition coefficient (Wildman–Crippen LogP) is 3.59. The molecule has 0 saturated carbocycles. The van der Waals surface area contributed by atoms with Crippen molar-refractivity contribution in [2.24, 2.45) is 0 Å². The van der Waals surface area contributed by atoms with Crippen LogP contribution in [0, 0.1) is 6.92 Å². The van der Waals surface area contributed by atoms with E-state index in [9.17, 15) is 9.59 Å². The van der Waals surface area contributed by atoms with Crippen LogP contribution < -0.4 is 0 Å². The average Bonchev–Trinajstić information content (AvgIpc) is 2.44. The van der Waals surface area contributed by atoms with Crippen LogP contribution >= 0.6 is 0 Å². The van der Waals surface area contributed by atoms with Crippen LogP contribution in [-0.4, -0.2) is 23.3 Å². The van der Waals surface area contributed by atoms with Crippen LogP contribution in [-0.2, 0) is 14.9 Å². The summed E-state index contributed by atoms with van der Waals surface area (Å²) in [5.74, 6) is -1.45. The number of ketones is 1. The number of Topliss-reactive ketones (excluding diaryl/α,β-unsaturated/α-hetero) is 1. The average molecular weight is 299 g/mol. The fraction of sp³-hybridized carbons (Fsp3) is 0.389. The van der Waals surface area contributed by atoms with Crippen molar-refractivity contribution in [2.75, 3.05) is 6.61 Å². The van der Waals surface area contributed by atoms with E-state index in [2.05, 4.69) is 4.98 Å². The van der Waals surface area contributed by atoms with Gasteiger partial charge in [-0.05, 0) is 30.9 Å². The molecule has 2 aromatic rings. The number of ether oxygens (including phenoxy) is 1. The van der Waals surface area contributed by atoms with Crippen LogP contribution in [0.2, 0.25) is 0 Å². The first kappa shape index (κ1) is 16.1. The molecule has 0 aliphatic heterocycles. The zero-order valence-corrected chi connectivity index (χ0v) is 13.7. The monoisotopic (exact) mass is 299 g/mol. The third-order valence-electron chi connectivity index (χ3n) is 3.51. The zero-order chi connectivity index (χ0) is 16.5. The van der Waals surface area contributed by atoms with Gasteiger partial charge in [0.05, 0.1) is 17.7 Å². The van der Waals surface area contributed by atoms with E-state index in [-0.39, 0.29) is 12.0 Å². The lowest BCUT2D eigenvalue weighted by atomic mass is 9.80. The lowest BCUT2D eigenvalue weighted by Gasteiger charge is -2.25. The molecular formula is C18H21NO3. The minimum atomic E-state index is -0.826. The quantitative estimate of drug-likeness (QED) is 0.494. The summed E-state index contributed by atoms with van der Waals surface area (Å²) in [6.45, 7) is 9.69. The Kier molecular flexibility index (Phi) is 4.31. The molecular weight excluding hydrogens is 278 g/mol. The highest BCUT2D eigenvalue weighted by molar-refractivity contribution is 6.41. The van der Waals surface area contributed by atoms with Crippen LogP contribution in [0.25, 0.3) is 10.9 Å². The third kappa shape index (κ3) is 2.86. The van der Waals surface area contributed by atoms with Crippen molar-refractivity contribution < 1.29 is 14.3 Å². The van der Waals surface area contributed by atoms with Gasteiger partial charge < -0.3 is 4.74 Å². The Bertz CT molecular complexity index is 742. The highest BCUT2D eigenvalue weighted by Gasteiger charge is 2.30. The normalized spacial score (nSPS) is 11.5. The first-order valence-electron chi connectivity index (χ1n) is 7.38. The number of aromatic nitrogens is 1. The molecule has 0 bridgehead atoms. The van der Waals surface area contributed by atoms with Crippen molar-refractivity contribution in [3.8, 4) is 0 Å². The second-order valence-corrected chi connectivity index (χ2v) is 6.26. The number of aryl methyl sites for hydroxylation is 1. The van der Waals surface area contributed by atoms with E-state index < -0.39 is 11.8 Å². The highest BCUT2D eigenvalue weighted by Crippen LogP contribution is 2.34. The smallest absolute Gasteiger partial charge is 0.379 e. The Balaban J connectivity index is 2.80. The minimum Gasteiger partial charge on any atom is -0.460 e. The number of fused-ring (bicyclic) bond motifs is 1. The summed E-state index contributed by atoms with van der Waals surface area (Å²) in [5, 5.41) is 0.897. The zero-order valence-electron chi connectivity index (χ0n) is 13.7. The number of rotatable bonds is 3. The second kappa shape index (κ2) is 5.87. The van der Waals surface area contributed by atoms with E-state index in [1.165, 1.54) is 0 Å². The number of esters is 1. The molecule has 1 aromatic carbocycles. The van der Waals surface area contributed by atoms with Gasteiger partial charge in [-0.25, -0.2) is 4.79 Å². The van der Waals surface area contributed by atoms with Crippen molar-refractivity contribution in [1.29, 1.82) is 0 Å². The molecule has 0 N–H and O–H groups in total. The van der Waals surface area contributed by atoms with E-state index >= 15 is 0 Å². The van der Waals surface area contributed by atoms with E-state index in [1.54, 1.807) is 13.8 Å². The fourth-order valence-electron chi connectivity index (χ4n) is 2.69. The van der Waals surface area contributed by atoms with E-state index in [4.69, 9.17) is 4.74 Å². The molecule has 0 saturated heterocycles. The van der Waals surface area contributed by atoms with Gasteiger partial charge in [-0.2, -0.15) is 0 Å². The molecule has 0 aliphatic rings. The van der Waals surface area contributed by atoms with Gasteiger partial charge in [0, 0.05) is 11.1 Å². The van der Waals surface area contributed by atoms with Crippen molar-refractivity contribution in [3.05, 3.63) is 41.1 Å². The number of nitrogens with zero attached hydrogens (tertiary/aromatic N) is 1. The second-order valence-electron chi connectivity index (χ2n) is 6.26. The van der Waals surface area contributed by atoms with Gasteiger partial charge in [0.2, 0.25) is 0 Å². The molecule has 22 heavy (non-hydrogen) atoms. The molecule has 0 spiro atoms. The number of hydrogen-bond donors (Lipinski definition) is 0. The van der Waals surface area contributed by atoms with Crippen LogP contribution in [0.5, 0.6) is 0 Å². The molecule has 0 aliphatic carbocycles. The van der Waals surface area contributed by atoms with Gasteiger partial charge in [-0.15, -0.1) is 0 Å². The Hall–Kier alpha value is -2.23. The van der Waals surface area contributed by atoms with E-state index in [0.717, 1.165) is 16.5 Å². The number of carbonyl (C=O) groups is 2. The molecule has 1 aromatic heterocycles. The van der Waals surface area contributed by atoms with Crippen LogP contribution in [0.1, 0.15) is 49.3 Å².